The highest BCUT2D eigenvalue weighted by Crippen LogP contribution is 2.02. The van der Waals surface area contributed by atoms with Gasteiger partial charge in [0.25, 0.3) is 0 Å². The van der Waals surface area contributed by atoms with Gasteiger partial charge >= 0.3 is 17.6 Å². The fourth-order valence-corrected chi connectivity index (χ4v) is 2.56. The van der Waals surface area contributed by atoms with E-state index in [-0.39, 0.29) is 0 Å². The van der Waals surface area contributed by atoms with Gasteiger partial charge < -0.3 is 26.6 Å². The Labute approximate surface area is 134 Å². The lowest BCUT2D eigenvalue weighted by Gasteiger charge is -2.16. The maximum absolute atomic E-state index is 5.08. The van der Waals surface area contributed by atoms with E-state index in [1.807, 2.05) is 0 Å². The van der Waals surface area contributed by atoms with Crippen LogP contribution in [-0.4, -0.2) is 69.8 Å². The Morgan fingerprint density at radius 3 is 0.762 bits per heavy atom. The molecule has 0 aromatic rings. The first-order valence-electron chi connectivity index (χ1n) is 6.17. The highest BCUT2D eigenvalue weighted by Gasteiger charge is 2.36. The Kier molecular flexibility index (Phi) is 19.3. The number of hydrogen-bond acceptors (Lipinski definition) is 6. The number of hydrogen-bond donors (Lipinski definition) is 0. The van der Waals surface area contributed by atoms with Crippen LogP contribution in [0, 0.1) is 23.9 Å². The molecule has 0 aliphatic carbocycles. The summed E-state index contributed by atoms with van der Waals surface area (Å²) in [4.78, 5) is 0. The van der Waals surface area contributed by atoms with Gasteiger partial charge in [-0.25, -0.2) is 0 Å². The maximum atomic E-state index is 5.08. The van der Waals surface area contributed by atoms with Gasteiger partial charge in [0.2, 0.25) is 0 Å². The Morgan fingerprint density at radius 2 is 0.762 bits per heavy atom. The van der Waals surface area contributed by atoms with E-state index >= 15 is 0 Å². The molecule has 0 aliphatic rings. The van der Waals surface area contributed by atoms with E-state index in [2.05, 4.69) is 24.2 Å². The molecule has 0 bridgehead atoms. The average molecular weight is 353 g/mol. The third-order valence-corrected chi connectivity index (χ3v) is 5.90. The van der Waals surface area contributed by atoms with Crippen LogP contribution in [0.2, 0.25) is 13.1 Å². The summed E-state index contributed by atoms with van der Waals surface area (Å²) >= 11 is 0. The SMILES string of the molecule is C#C[Si](OC)(OC)OC.C#C[Si](OC)(OC)OC.C[SiH2]C. The second kappa shape index (κ2) is 15.9. The van der Waals surface area contributed by atoms with Gasteiger partial charge in [-0.2, -0.15) is 0 Å². The zero-order valence-electron chi connectivity index (χ0n) is 14.3. The summed E-state index contributed by atoms with van der Waals surface area (Å²) in [6.45, 7) is 4.53. The largest absolute Gasteiger partial charge is 0.590 e. The monoisotopic (exact) mass is 352 g/mol. The predicted octanol–water partition coefficient (Wildman–Crippen LogP) is 0.325. The summed E-state index contributed by atoms with van der Waals surface area (Å²) in [7, 11) is 3.92. The van der Waals surface area contributed by atoms with Gasteiger partial charge in [-0.05, 0) is 11.1 Å². The molecule has 0 N–H and O–H groups in total. The molecule has 0 fully saturated rings. The molecule has 9 heteroatoms. The topological polar surface area (TPSA) is 55.4 Å². The summed E-state index contributed by atoms with van der Waals surface area (Å²) in [5.74, 6) is 0. The van der Waals surface area contributed by atoms with Crippen molar-refractivity contribution in [3.63, 3.8) is 0 Å². The molecule has 0 amide bonds. The third-order valence-electron chi connectivity index (χ3n) is 1.97. The molecule has 0 aromatic carbocycles. The van der Waals surface area contributed by atoms with Crippen LogP contribution >= 0.6 is 0 Å². The highest BCUT2D eigenvalue weighted by molar-refractivity contribution is 6.69. The molecule has 6 nitrogen and oxygen atoms in total. The highest BCUT2D eigenvalue weighted by atomic mass is 28.4. The second-order valence-electron chi connectivity index (χ2n) is 3.33. The van der Waals surface area contributed by atoms with Gasteiger partial charge in [0, 0.05) is 52.2 Å². The normalized spacial score (nSPS) is 10.2. The molecule has 0 aliphatic heterocycles. The molecule has 0 heterocycles. The molecule has 0 radical (unpaired) electrons. The van der Waals surface area contributed by atoms with Crippen LogP contribution in [0.15, 0.2) is 0 Å². The van der Waals surface area contributed by atoms with Crippen LogP contribution in [0.4, 0.5) is 0 Å². The standard InChI is InChI=1S/2C5H10O3Si.C2H8Si/c2*1-5-9(6-2,7-3)8-4;1-3-2/h2*1H,2-4H3;3H2,1-2H3. The second-order valence-corrected chi connectivity index (χ2v) is 10.00. The van der Waals surface area contributed by atoms with Gasteiger partial charge in [0.15, 0.2) is 0 Å². The molecule has 124 valence electrons. The van der Waals surface area contributed by atoms with E-state index < -0.39 is 17.6 Å². The molecule has 0 saturated carbocycles. The van der Waals surface area contributed by atoms with Crippen molar-refractivity contribution in [2.75, 3.05) is 42.7 Å². The van der Waals surface area contributed by atoms with Crippen molar-refractivity contribution in [1.29, 1.82) is 0 Å². The quantitative estimate of drug-likeness (QED) is 0.507. The van der Waals surface area contributed by atoms with E-state index in [9.17, 15) is 0 Å². The van der Waals surface area contributed by atoms with E-state index in [0.717, 1.165) is 0 Å². The lowest BCUT2D eigenvalue weighted by molar-refractivity contribution is 0.141. The van der Waals surface area contributed by atoms with Gasteiger partial charge in [0.05, 0.1) is 0 Å². The summed E-state index contributed by atoms with van der Waals surface area (Å²) in [5.41, 5.74) is 4.67. The molecule has 0 rings (SSSR count). The molecule has 0 atom stereocenters. The van der Waals surface area contributed by atoms with Crippen molar-refractivity contribution in [3.05, 3.63) is 0 Å². The van der Waals surface area contributed by atoms with E-state index in [4.69, 9.17) is 39.4 Å². The molecule has 21 heavy (non-hydrogen) atoms. The van der Waals surface area contributed by atoms with Gasteiger partial charge in [-0.3, -0.25) is 0 Å². The van der Waals surface area contributed by atoms with Crippen molar-refractivity contribution < 1.29 is 26.6 Å². The lowest BCUT2D eigenvalue weighted by Crippen LogP contribution is -2.41. The van der Waals surface area contributed by atoms with Crippen molar-refractivity contribution in [2.45, 2.75) is 13.1 Å². The van der Waals surface area contributed by atoms with E-state index in [0.29, 0.717) is 9.52 Å². The average Bonchev–Trinajstić information content (AvgIpc) is 2.54. The van der Waals surface area contributed by atoms with E-state index in [1.54, 1.807) is 0 Å². The number of terminal acetylenes is 2. The summed E-state index contributed by atoms with van der Waals surface area (Å²) < 4.78 is 29.1. The van der Waals surface area contributed by atoms with Gasteiger partial charge in [-0.15, -0.1) is 12.8 Å². The number of rotatable bonds is 6. The first kappa shape index (κ1) is 25.5. The molecule has 0 spiro atoms. The van der Waals surface area contributed by atoms with Crippen molar-refractivity contribution in [1.82, 2.24) is 0 Å². The van der Waals surface area contributed by atoms with Gasteiger partial charge in [-0.1, -0.05) is 13.1 Å². The molecule has 0 unspecified atom stereocenters. The summed E-state index contributed by atoms with van der Waals surface area (Å²) in [6.07, 6.45) is 10.2. The lowest BCUT2D eigenvalue weighted by atomic mass is 11.4. The summed E-state index contributed by atoms with van der Waals surface area (Å²) in [5, 5.41) is 0. The molecular weight excluding hydrogens is 324 g/mol. The fourth-order valence-electron chi connectivity index (χ4n) is 0.854. The van der Waals surface area contributed by atoms with Gasteiger partial charge in [0.1, 0.15) is 0 Å². The third kappa shape index (κ3) is 10.8. The minimum atomic E-state index is -2.66. The molecule has 0 saturated heterocycles. The van der Waals surface area contributed by atoms with Crippen molar-refractivity contribution in [2.24, 2.45) is 0 Å². The van der Waals surface area contributed by atoms with Crippen LogP contribution in [0.1, 0.15) is 0 Å². The Morgan fingerprint density at radius 1 is 0.619 bits per heavy atom. The van der Waals surface area contributed by atoms with Crippen LogP contribution < -0.4 is 0 Å². The van der Waals surface area contributed by atoms with Crippen LogP contribution in [0.5, 0.6) is 0 Å². The maximum Gasteiger partial charge on any atom is 0.590 e. The fraction of sp³-hybridized carbons (Fsp3) is 0.667. The summed E-state index contributed by atoms with van der Waals surface area (Å²) in [6, 6.07) is 0. The van der Waals surface area contributed by atoms with Crippen LogP contribution in [0.3, 0.4) is 0 Å². The molecule has 0 aromatic heterocycles. The van der Waals surface area contributed by atoms with Crippen LogP contribution in [0.25, 0.3) is 0 Å². The smallest absolute Gasteiger partial charge is 0.367 e. The zero-order chi connectivity index (χ0) is 17.4. The predicted molar refractivity (Wildman–Crippen MR) is 91.5 cm³/mol. The van der Waals surface area contributed by atoms with E-state index in [1.165, 1.54) is 42.7 Å². The van der Waals surface area contributed by atoms with Crippen molar-refractivity contribution in [3.8, 4) is 23.9 Å². The minimum Gasteiger partial charge on any atom is -0.367 e. The Balaban J connectivity index is -0.000000260. The Hall–Kier alpha value is -0.469. The first-order chi connectivity index (χ1) is 9.90. The minimum absolute atomic E-state index is 0.417. The molecular formula is C12H28O6Si3. The zero-order valence-corrected chi connectivity index (χ0v) is 17.7. The van der Waals surface area contributed by atoms with Crippen LogP contribution in [-0.2, 0) is 26.6 Å². The van der Waals surface area contributed by atoms with Crippen molar-refractivity contribution >= 4 is 27.1 Å². The Bertz CT molecular complexity index is 259. The first-order valence-corrected chi connectivity index (χ1v) is 12.4.